The summed E-state index contributed by atoms with van der Waals surface area (Å²) in [6, 6.07) is 16.0. The van der Waals surface area contributed by atoms with E-state index in [0.717, 1.165) is 11.1 Å². The molecule has 2 aromatic carbocycles. The van der Waals surface area contributed by atoms with Crippen molar-refractivity contribution in [3.05, 3.63) is 83.1 Å². The van der Waals surface area contributed by atoms with Gasteiger partial charge in [0.1, 0.15) is 11.4 Å². The van der Waals surface area contributed by atoms with Crippen molar-refractivity contribution < 1.29 is 19.2 Å². The Morgan fingerprint density at radius 2 is 1.83 bits per heavy atom. The van der Waals surface area contributed by atoms with E-state index in [4.69, 9.17) is 0 Å². The minimum absolute atomic E-state index is 0.0510. The third kappa shape index (κ3) is 5.14. The van der Waals surface area contributed by atoms with Crippen LogP contribution >= 0.6 is 0 Å². The standard InChI is InChI=1S/C21H20N4O4/c1-14-8-10-15(11-9-14)13-22-20(27)17(12-18-21(28)29-24-25(18)2)23-19(26)16-6-4-3-5-7-16/h3-12,24H,13H2,1-2H3,(H,22,27)/b18-12+,23-17?. The molecule has 1 aliphatic rings. The summed E-state index contributed by atoms with van der Waals surface area (Å²) in [4.78, 5) is 45.6. The maximum absolute atomic E-state index is 12.7. The number of carbonyl (C=O) groups is 3. The number of carbonyl (C=O) groups excluding carboxylic acids is 3. The molecule has 29 heavy (non-hydrogen) atoms. The molecule has 2 N–H and O–H groups in total. The minimum atomic E-state index is -0.682. The molecule has 0 unspecified atom stereocenters. The van der Waals surface area contributed by atoms with Crippen LogP contribution in [0.1, 0.15) is 21.5 Å². The van der Waals surface area contributed by atoms with Crippen LogP contribution in [0.4, 0.5) is 0 Å². The number of nitrogens with zero attached hydrogens (tertiary/aromatic N) is 2. The van der Waals surface area contributed by atoms with Gasteiger partial charge in [-0.25, -0.2) is 9.79 Å². The van der Waals surface area contributed by atoms with Gasteiger partial charge >= 0.3 is 5.97 Å². The SMILES string of the molecule is Cc1ccc(CNC(=O)C(/C=C2\C(=O)ONN2C)=NC(=O)c2ccccc2)cc1. The fourth-order valence-corrected chi connectivity index (χ4v) is 2.52. The van der Waals surface area contributed by atoms with Gasteiger partial charge in [0.25, 0.3) is 11.8 Å². The normalized spacial score (nSPS) is 15.4. The lowest BCUT2D eigenvalue weighted by molar-refractivity contribution is -0.142. The Balaban J connectivity index is 1.85. The zero-order valence-corrected chi connectivity index (χ0v) is 16.0. The highest BCUT2D eigenvalue weighted by Gasteiger charge is 2.26. The molecule has 1 saturated heterocycles. The lowest BCUT2D eigenvalue weighted by Gasteiger charge is -2.09. The number of aliphatic imine (C=N–C) groups is 1. The molecule has 0 atom stereocenters. The molecule has 2 amide bonds. The summed E-state index contributed by atoms with van der Waals surface area (Å²) in [5.41, 5.74) is 4.54. The maximum Gasteiger partial charge on any atom is 0.376 e. The van der Waals surface area contributed by atoms with Crippen LogP contribution in [0.15, 0.2) is 71.4 Å². The molecular formula is C21H20N4O4. The number of nitrogens with one attached hydrogen (secondary N) is 2. The van der Waals surface area contributed by atoms with Crippen molar-refractivity contribution in [2.24, 2.45) is 4.99 Å². The first-order valence-electron chi connectivity index (χ1n) is 8.88. The van der Waals surface area contributed by atoms with Crippen LogP contribution in [0.2, 0.25) is 0 Å². The zero-order chi connectivity index (χ0) is 20.8. The van der Waals surface area contributed by atoms with E-state index in [1.807, 2.05) is 31.2 Å². The summed E-state index contributed by atoms with van der Waals surface area (Å²) in [7, 11) is 1.54. The average molecular weight is 392 g/mol. The van der Waals surface area contributed by atoms with Gasteiger partial charge in [0, 0.05) is 25.2 Å². The molecule has 3 rings (SSSR count). The van der Waals surface area contributed by atoms with Gasteiger partial charge in [0.05, 0.1) is 0 Å². The second-order valence-electron chi connectivity index (χ2n) is 6.41. The van der Waals surface area contributed by atoms with Gasteiger partial charge in [0.2, 0.25) is 0 Å². The van der Waals surface area contributed by atoms with Crippen molar-refractivity contribution in [1.29, 1.82) is 0 Å². The van der Waals surface area contributed by atoms with Crippen LogP contribution in [0.3, 0.4) is 0 Å². The topological polar surface area (TPSA) is 100 Å². The molecule has 1 heterocycles. The van der Waals surface area contributed by atoms with Gasteiger partial charge in [-0.1, -0.05) is 53.6 Å². The van der Waals surface area contributed by atoms with E-state index in [9.17, 15) is 14.4 Å². The molecule has 1 fully saturated rings. The Morgan fingerprint density at radius 1 is 1.14 bits per heavy atom. The molecule has 0 spiro atoms. The molecule has 1 aliphatic heterocycles. The first kappa shape index (κ1) is 20.0. The third-order valence-electron chi connectivity index (χ3n) is 4.17. The van der Waals surface area contributed by atoms with Crippen molar-refractivity contribution in [2.75, 3.05) is 7.05 Å². The van der Waals surface area contributed by atoms with Crippen LogP contribution in [-0.2, 0) is 21.0 Å². The van der Waals surface area contributed by atoms with Crippen LogP contribution < -0.4 is 10.9 Å². The molecule has 0 radical (unpaired) electrons. The van der Waals surface area contributed by atoms with E-state index in [1.54, 1.807) is 30.3 Å². The number of hydrogen-bond donors (Lipinski definition) is 2. The summed E-state index contributed by atoms with van der Waals surface area (Å²) in [5, 5.41) is 4.01. The van der Waals surface area contributed by atoms with Gasteiger partial charge in [-0.3, -0.25) is 14.6 Å². The number of hydrazine groups is 1. The number of aryl methyl sites for hydroxylation is 1. The van der Waals surface area contributed by atoms with E-state index in [-0.39, 0.29) is 18.0 Å². The van der Waals surface area contributed by atoms with Gasteiger partial charge in [0.15, 0.2) is 0 Å². The molecule has 0 bridgehead atoms. The molecule has 2 aromatic rings. The summed E-state index contributed by atoms with van der Waals surface area (Å²) >= 11 is 0. The fourth-order valence-electron chi connectivity index (χ4n) is 2.52. The summed E-state index contributed by atoms with van der Waals surface area (Å²) in [6.45, 7) is 2.22. The highest BCUT2D eigenvalue weighted by molar-refractivity contribution is 6.45. The van der Waals surface area contributed by atoms with Crippen molar-refractivity contribution in [2.45, 2.75) is 13.5 Å². The van der Waals surface area contributed by atoms with E-state index in [2.05, 4.69) is 20.7 Å². The number of hydrogen-bond acceptors (Lipinski definition) is 6. The van der Waals surface area contributed by atoms with Gasteiger partial charge in [-0.05, 0) is 24.6 Å². The first-order chi connectivity index (χ1) is 13.9. The number of amides is 2. The quantitative estimate of drug-likeness (QED) is 0.593. The van der Waals surface area contributed by atoms with Crippen LogP contribution in [0.25, 0.3) is 0 Å². The van der Waals surface area contributed by atoms with Crippen molar-refractivity contribution in [3.63, 3.8) is 0 Å². The Hall–Kier alpha value is -3.78. The van der Waals surface area contributed by atoms with Gasteiger partial charge in [-0.2, -0.15) is 0 Å². The maximum atomic E-state index is 12.7. The lowest BCUT2D eigenvalue weighted by Crippen LogP contribution is -2.32. The van der Waals surface area contributed by atoms with Crippen molar-refractivity contribution in [3.8, 4) is 0 Å². The summed E-state index contributed by atoms with van der Waals surface area (Å²) in [6.07, 6.45) is 1.22. The average Bonchev–Trinajstić information content (AvgIpc) is 3.05. The zero-order valence-electron chi connectivity index (χ0n) is 16.0. The Labute approximate surface area is 167 Å². The lowest BCUT2D eigenvalue weighted by atomic mass is 10.1. The smallest absolute Gasteiger partial charge is 0.347 e. The molecule has 8 heteroatoms. The van der Waals surface area contributed by atoms with E-state index in [0.29, 0.717) is 5.56 Å². The Morgan fingerprint density at radius 3 is 2.45 bits per heavy atom. The molecule has 148 valence electrons. The predicted molar refractivity (Wildman–Crippen MR) is 106 cm³/mol. The predicted octanol–water partition coefficient (Wildman–Crippen LogP) is 1.68. The second kappa shape index (κ2) is 8.94. The van der Waals surface area contributed by atoms with E-state index >= 15 is 0 Å². The number of benzene rings is 2. The minimum Gasteiger partial charge on any atom is -0.347 e. The summed E-state index contributed by atoms with van der Waals surface area (Å²) < 4.78 is 0. The highest BCUT2D eigenvalue weighted by atomic mass is 16.7. The largest absolute Gasteiger partial charge is 0.376 e. The summed E-state index contributed by atoms with van der Waals surface area (Å²) in [5.74, 6) is -1.86. The molecule has 0 saturated carbocycles. The first-order valence-corrected chi connectivity index (χ1v) is 8.88. The van der Waals surface area contributed by atoms with E-state index < -0.39 is 17.8 Å². The number of rotatable bonds is 5. The fraction of sp³-hybridized carbons (Fsp3) is 0.143. The van der Waals surface area contributed by atoms with Crippen LogP contribution in [-0.4, -0.2) is 35.6 Å². The van der Waals surface area contributed by atoms with E-state index in [1.165, 1.54) is 18.1 Å². The molecule has 8 nitrogen and oxygen atoms in total. The van der Waals surface area contributed by atoms with Crippen molar-refractivity contribution >= 4 is 23.5 Å². The third-order valence-corrected chi connectivity index (χ3v) is 4.17. The molecule has 0 aromatic heterocycles. The molecular weight excluding hydrogens is 372 g/mol. The Kier molecular flexibility index (Phi) is 6.16. The highest BCUT2D eigenvalue weighted by Crippen LogP contribution is 2.10. The van der Waals surface area contributed by atoms with Crippen molar-refractivity contribution in [1.82, 2.24) is 15.9 Å². The molecule has 0 aliphatic carbocycles. The Bertz CT molecular complexity index is 982. The number of likely N-dealkylation sites (N-methyl/N-ethyl adjacent to an activating group) is 1. The van der Waals surface area contributed by atoms with Crippen LogP contribution in [0.5, 0.6) is 0 Å². The van der Waals surface area contributed by atoms with Gasteiger partial charge < -0.3 is 10.2 Å². The van der Waals surface area contributed by atoms with Gasteiger partial charge in [-0.15, -0.1) is 0 Å². The second-order valence-corrected chi connectivity index (χ2v) is 6.41. The van der Waals surface area contributed by atoms with Crippen LogP contribution in [0, 0.1) is 6.92 Å². The monoisotopic (exact) mass is 392 g/mol.